The van der Waals surface area contributed by atoms with E-state index in [0.29, 0.717) is 24.7 Å². The van der Waals surface area contributed by atoms with Crippen LogP contribution in [0.4, 0.5) is 5.82 Å². The molecular weight excluding hydrogens is 342 g/mol. The van der Waals surface area contributed by atoms with Crippen molar-refractivity contribution in [3.63, 3.8) is 0 Å². The molecule has 0 unspecified atom stereocenters. The van der Waals surface area contributed by atoms with E-state index in [-0.39, 0.29) is 0 Å². The topological polar surface area (TPSA) is 69.2 Å². The summed E-state index contributed by atoms with van der Waals surface area (Å²) in [6.45, 7) is 4.99. The largest absolute Gasteiger partial charge is 0.459 e. The van der Waals surface area contributed by atoms with Gasteiger partial charge in [-0.3, -0.25) is 0 Å². The molecule has 7 heteroatoms. The van der Waals surface area contributed by atoms with Crippen LogP contribution in [0.15, 0.2) is 53.3 Å². The van der Waals surface area contributed by atoms with Gasteiger partial charge in [-0.25, -0.2) is 9.67 Å². The molecule has 0 amide bonds. The molecule has 5 rings (SSSR count). The molecule has 0 saturated carbocycles. The molecule has 0 atom stereocenters. The molecule has 0 radical (unpaired) electrons. The third-order valence-corrected chi connectivity index (χ3v) is 4.69. The first-order valence-corrected chi connectivity index (χ1v) is 8.99. The highest BCUT2D eigenvalue weighted by Crippen LogP contribution is 2.27. The predicted octanol–water partition coefficient (Wildman–Crippen LogP) is 3.22. The van der Waals surface area contributed by atoms with Gasteiger partial charge in [-0.1, -0.05) is 23.8 Å². The molecule has 1 aromatic carbocycles. The van der Waals surface area contributed by atoms with Crippen molar-refractivity contribution in [3.05, 3.63) is 54.4 Å². The second-order valence-corrected chi connectivity index (χ2v) is 6.60. The van der Waals surface area contributed by atoms with E-state index >= 15 is 0 Å². The van der Waals surface area contributed by atoms with Crippen LogP contribution in [0, 0.1) is 6.92 Å². The Labute approximate surface area is 156 Å². The summed E-state index contributed by atoms with van der Waals surface area (Å²) in [6.07, 6.45) is 3.54. The van der Waals surface area contributed by atoms with Crippen molar-refractivity contribution in [1.29, 1.82) is 0 Å². The number of nitrogens with zero attached hydrogens (tertiary/aromatic N) is 5. The number of anilines is 1. The molecule has 0 spiro atoms. The molecule has 7 nitrogen and oxygen atoms in total. The van der Waals surface area contributed by atoms with E-state index in [1.165, 1.54) is 5.56 Å². The fourth-order valence-electron chi connectivity index (χ4n) is 3.32. The van der Waals surface area contributed by atoms with E-state index in [4.69, 9.17) is 14.1 Å². The van der Waals surface area contributed by atoms with Crippen LogP contribution in [0.3, 0.4) is 0 Å². The molecular formula is C20H19N5O2. The summed E-state index contributed by atoms with van der Waals surface area (Å²) in [4.78, 5) is 11.6. The van der Waals surface area contributed by atoms with E-state index in [0.717, 1.165) is 35.7 Å². The Hall–Kier alpha value is -3.19. The van der Waals surface area contributed by atoms with Crippen LogP contribution in [0.5, 0.6) is 0 Å². The fraction of sp³-hybridized carbons (Fsp3) is 0.250. The summed E-state index contributed by atoms with van der Waals surface area (Å²) in [5.74, 6) is 1.32. The second-order valence-electron chi connectivity index (χ2n) is 6.60. The van der Waals surface area contributed by atoms with Crippen LogP contribution in [-0.4, -0.2) is 46.1 Å². The van der Waals surface area contributed by atoms with Crippen LogP contribution in [-0.2, 0) is 4.74 Å². The quantitative estimate of drug-likeness (QED) is 0.558. The lowest BCUT2D eigenvalue weighted by atomic mass is 10.1. The number of aryl methyl sites for hydroxylation is 1. The highest BCUT2D eigenvalue weighted by Gasteiger charge is 2.20. The van der Waals surface area contributed by atoms with Gasteiger partial charge in [0.25, 0.3) is 5.95 Å². The molecule has 4 aromatic rings. The molecule has 27 heavy (non-hydrogen) atoms. The fourth-order valence-corrected chi connectivity index (χ4v) is 3.32. The zero-order valence-corrected chi connectivity index (χ0v) is 15.0. The first kappa shape index (κ1) is 16.0. The summed E-state index contributed by atoms with van der Waals surface area (Å²) >= 11 is 0. The van der Waals surface area contributed by atoms with Crippen molar-refractivity contribution in [2.75, 3.05) is 31.2 Å². The molecule has 3 aromatic heterocycles. The van der Waals surface area contributed by atoms with Gasteiger partial charge in [0.1, 0.15) is 5.52 Å². The summed E-state index contributed by atoms with van der Waals surface area (Å²) in [7, 11) is 0. The van der Waals surface area contributed by atoms with Gasteiger partial charge in [0, 0.05) is 30.9 Å². The molecule has 0 aliphatic carbocycles. The lowest BCUT2D eigenvalue weighted by molar-refractivity contribution is 0.122. The number of furan rings is 1. The summed E-state index contributed by atoms with van der Waals surface area (Å²) in [5.41, 5.74) is 4.64. The lowest BCUT2D eigenvalue weighted by Crippen LogP contribution is -2.37. The molecule has 1 saturated heterocycles. The van der Waals surface area contributed by atoms with Gasteiger partial charge in [-0.2, -0.15) is 10.1 Å². The predicted molar refractivity (Wildman–Crippen MR) is 102 cm³/mol. The van der Waals surface area contributed by atoms with E-state index in [1.54, 1.807) is 10.9 Å². The Morgan fingerprint density at radius 1 is 1.04 bits per heavy atom. The minimum absolute atomic E-state index is 0.532. The Morgan fingerprint density at radius 3 is 2.78 bits per heavy atom. The van der Waals surface area contributed by atoms with Crippen molar-refractivity contribution < 1.29 is 9.15 Å². The molecule has 4 heterocycles. The second kappa shape index (κ2) is 6.51. The maximum atomic E-state index is 5.64. The van der Waals surface area contributed by atoms with Gasteiger partial charge in [0.2, 0.25) is 0 Å². The number of ether oxygens (including phenoxy) is 1. The average molecular weight is 361 g/mol. The minimum Gasteiger partial charge on any atom is -0.459 e. The standard InChI is InChI=1S/C20H19N5O2/c1-14-3-2-4-15(13-14)16-5-7-25(23-16)20-21-17-6-10-27-18(17)19(22-20)24-8-11-26-12-9-24/h2-7,10,13H,8-9,11-12H2,1H3. The van der Waals surface area contributed by atoms with E-state index in [1.807, 2.05) is 24.4 Å². The number of hydrogen-bond donors (Lipinski definition) is 0. The number of hydrogen-bond acceptors (Lipinski definition) is 6. The van der Waals surface area contributed by atoms with Gasteiger partial charge in [-0.15, -0.1) is 0 Å². The van der Waals surface area contributed by atoms with E-state index < -0.39 is 0 Å². The number of fused-ring (bicyclic) bond motifs is 1. The van der Waals surface area contributed by atoms with Crippen molar-refractivity contribution in [3.8, 4) is 17.2 Å². The molecule has 1 aliphatic rings. The van der Waals surface area contributed by atoms with Crippen LogP contribution in [0.1, 0.15) is 5.56 Å². The van der Waals surface area contributed by atoms with E-state index in [2.05, 4.69) is 40.1 Å². The van der Waals surface area contributed by atoms with Crippen LogP contribution < -0.4 is 4.90 Å². The number of morpholine rings is 1. The third-order valence-electron chi connectivity index (χ3n) is 4.69. The summed E-state index contributed by atoms with van der Waals surface area (Å²) in [6, 6.07) is 12.1. The van der Waals surface area contributed by atoms with Crippen LogP contribution in [0.2, 0.25) is 0 Å². The number of rotatable bonds is 3. The summed E-state index contributed by atoms with van der Waals surface area (Å²) in [5, 5.41) is 4.69. The Balaban J connectivity index is 1.57. The average Bonchev–Trinajstić information content (AvgIpc) is 3.37. The summed E-state index contributed by atoms with van der Waals surface area (Å²) < 4.78 is 12.8. The van der Waals surface area contributed by atoms with Gasteiger partial charge in [-0.05, 0) is 19.1 Å². The van der Waals surface area contributed by atoms with Gasteiger partial charge in [0.15, 0.2) is 11.4 Å². The monoisotopic (exact) mass is 361 g/mol. The smallest absolute Gasteiger partial charge is 0.253 e. The molecule has 1 aliphatic heterocycles. The van der Waals surface area contributed by atoms with Crippen molar-refractivity contribution in [1.82, 2.24) is 19.7 Å². The van der Waals surface area contributed by atoms with E-state index in [9.17, 15) is 0 Å². The molecule has 1 fully saturated rings. The van der Waals surface area contributed by atoms with Gasteiger partial charge < -0.3 is 14.1 Å². The zero-order chi connectivity index (χ0) is 18.2. The third kappa shape index (κ3) is 2.96. The van der Waals surface area contributed by atoms with Crippen molar-refractivity contribution >= 4 is 16.9 Å². The van der Waals surface area contributed by atoms with Gasteiger partial charge in [0.05, 0.1) is 25.2 Å². The Morgan fingerprint density at radius 2 is 1.93 bits per heavy atom. The lowest BCUT2D eigenvalue weighted by Gasteiger charge is -2.27. The Bertz CT molecular complexity index is 1090. The number of benzene rings is 1. The van der Waals surface area contributed by atoms with Crippen molar-refractivity contribution in [2.45, 2.75) is 6.92 Å². The molecule has 0 bridgehead atoms. The zero-order valence-electron chi connectivity index (χ0n) is 15.0. The maximum absolute atomic E-state index is 5.64. The molecule has 0 N–H and O–H groups in total. The minimum atomic E-state index is 0.532. The van der Waals surface area contributed by atoms with Crippen molar-refractivity contribution in [2.24, 2.45) is 0 Å². The molecule has 136 valence electrons. The first-order chi connectivity index (χ1) is 13.3. The normalized spacial score (nSPS) is 14.8. The first-order valence-electron chi connectivity index (χ1n) is 8.99. The van der Waals surface area contributed by atoms with Crippen LogP contribution >= 0.6 is 0 Å². The highest BCUT2D eigenvalue weighted by atomic mass is 16.5. The van der Waals surface area contributed by atoms with Crippen LogP contribution in [0.25, 0.3) is 28.3 Å². The highest BCUT2D eigenvalue weighted by molar-refractivity contribution is 5.84. The SMILES string of the molecule is Cc1cccc(-c2ccn(-c3nc(N4CCOCC4)c4occc4n3)n2)c1. The number of aromatic nitrogens is 4. The van der Waals surface area contributed by atoms with Gasteiger partial charge >= 0.3 is 0 Å². The maximum Gasteiger partial charge on any atom is 0.253 e. The Kier molecular flexibility index (Phi) is 3.86.